The lowest BCUT2D eigenvalue weighted by Crippen LogP contribution is -2.32. The minimum atomic E-state index is -0.313. The quantitative estimate of drug-likeness (QED) is 0.434. The fourth-order valence-corrected chi connectivity index (χ4v) is 0.894. The normalized spacial score (nSPS) is 11.8. The molecule has 0 aliphatic carbocycles. The predicted molar refractivity (Wildman–Crippen MR) is 63.6 cm³/mol. The lowest BCUT2D eigenvalue weighted by Gasteiger charge is -2.23. The number of hydrogen-bond acceptors (Lipinski definition) is 3. The van der Waals surface area contributed by atoms with Crippen molar-refractivity contribution < 1.29 is 9.53 Å². The fraction of sp³-hybridized carbons (Fsp3) is 0.700. The van der Waals surface area contributed by atoms with E-state index in [1.54, 1.807) is 6.92 Å². The Labute approximate surface area is 96.9 Å². The molecule has 0 aromatic carbocycles. The molecule has 14 heavy (non-hydrogen) atoms. The van der Waals surface area contributed by atoms with Gasteiger partial charge in [0, 0.05) is 5.57 Å². The van der Waals surface area contributed by atoms with Gasteiger partial charge in [0.15, 0.2) is 6.23 Å². The van der Waals surface area contributed by atoms with Crippen molar-refractivity contribution in [1.29, 1.82) is 0 Å². The highest BCUT2D eigenvalue weighted by molar-refractivity contribution is 8.93. The molecule has 0 spiro atoms. The van der Waals surface area contributed by atoms with Gasteiger partial charge in [-0.1, -0.05) is 19.9 Å². The molecule has 0 aliphatic heterocycles. The van der Waals surface area contributed by atoms with Crippen molar-refractivity contribution in [3.63, 3.8) is 0 Å². The maximum absolute atomic E-state index is 11.2. The maximum atomic E-state index is 11.2. The van der Waals surface area contributed by atoms with Gasteiger partial charge < -0.3 is 4.74 Å². The molecule has 0 saturated carbocycles. The molecule has 0 radical (unpaired) electrons. The number of carbonyl (C=O) groups is 1. The summed E-state index contributed by atoms with van der Waals surface area (Å²) in [5, 5.41) is 0. The van der Waals surface area contributed by atoms with E-state index in [9.17, 15) is 4.79 Å². The third kappa shape index (κ3) is 6.16. The first-order valence-corrected chi connectivity index (χ1v) is 4.52. The van der Waals surface area contributed by atoms with Crippen LogP contribution in [0.4, 0.5) is 0 Å². The molecule has 0 aliphatic rings. The number of esters is 1. The Bertz CT molecular complexity index is 193. The van der Waals surface area contributed by atoms with Crippen LogP contribution in [-0.2, 0) is 9.53 Å². The number of carbonyl (C=O) groups excluding carboxylic acids is 1. The van der Waals surface area contributed by atoms with E-state index in [1.807, 2.05) is 19.0 Å². The van der Waals surface area contributed by atoms with Crippen molar-refractivity contribution in [2.45, 2.75) is 32.9 Å². The largest absolute Gasteiger partial charge is 0.443 e. The van der Waals surface area contributed by atoms with Gasteiger partial charge in [0.25, 0.3) is 0 Å². The molecule has 1 atom stereocenters. The number of hydrogen-bond donors (Lipinski definition) is 0. The van der Waals surface area contributed by atoms with E-state index in [1.165, 1.54) is 0 Å². The zero-order valence-corrected chi connectivity index (χ0v) is 11.1. The molecule has 3 nitrogen and oxygen atoms in total. The van der Waals surface area contributed by atoms with Crippen molar-refractivity contribution in [2.75, 3.05) is 14.1 Å². The van der Waals surface area contributed by atoms with Crippen molar-refractivity contribution in [3.05, 3.63) is 12.2 Å². The molecule has 0 heterocycles. The molecule has 0 N–H and O–H groups in total. The van der Waals surface area contributed by atoms with Crippen LogP contribution in [-0.4, -0.2) is 31.2 Å². The summed E-state index contributed by atoms with van der Waals surface area (Å²) in [6, 6.07) is 0. The third-order valence-corrected chi connectivity index (χ3v) is 1.70. The highest BCUT2D eigenvalue weighted by Gasteiger charge is 2.15. The number of ether oxygens (including phenoxy) is 1. The Morgan fingerprint density at radius 3 is 2.29 bits per heavy atom. The first kappa shape index (κ1) is 16.1. The Morgan fingerprint density at radius 2 is 2.00 bits per heavy atom. The zero-order chi connectivity index (χ0) is 10.4. The van der Waals surface area contributed by atoms with Crippen LogP contribution in [0.2, 0.25) is 0 Å². The summed E-state index contributed by atoms with van der Waals surface area (Å²) in [5.41, 5.74) is 0.447. The van der Waals surface area contributed by atoms with Crippen molar-refractivity contribution in [1.82, 2.24) is 4.90 Å². The Kier molecular flexibility index (Phi) is 9.20. The van der Waals surface area contributed by atoms with Crippen LogP contribution < -0.4 is 0 Å². The summed E-state index contributed by atoms with van der Waals surface area (Å²) >= 11 is 0. The molecular formula is C10H20BrNO2. The van der Waals surface area contributed by atoms with Crippen molar-refractivity contribution >= 4 is 23.0 Å². The Hall–Kier alpha value is -0.350. The van der Waals surface area contributed by atoms with Crippen LogP contribution in [0.25, 0.3) is 0 Å². The van der Waals surface area contributed by atoms with Gasteiger partial charge in [-0.15, -0.1) is 17.0 Å². The lowest BCUT2D eigenvalue weighted by atomic mass is 10.3. The van der Waals surface area contributed by atoms with Gasteiger partial charge in [0.1, 0.15) is 0 Å². The van der Waals surface area contributed by atoms with Crippen LogP contribution in [0.3, 0.4) is 0 Å². The van der Waals surface area contributed by atoms with Gasteiger partial charge in [-0.05, 0) is 27.4 Å². The zero-order valence-electron chi connectivity index (χ0n) is 9.37. The average molecular weight is 266 g/mol. The van der Waals surface area contributed by atoms with Crippen LogP contribution in [0.15, 0.2) is 12.2 Å². The van der Waals surface area contributed by atoms with Crippen LogP contribution in [0, 0.1) is 0 Å². The summed E-state index contributed by atoms with van der Waals surface area (Å²) in [4.78, 5) is 13.1. The highest BCUT2D eigenvalue weighted by Crippen LogP contribution is 2.07. The van der Waals surface area contributed by atoms with Gasteiger partial charge in [-0.2, -0.15) is 0 Å². The van der Waals surface area contributed by atoms with E-state index in [-0.39, 0.29) is 29.2 Å². The van der Waals surface area contributed by atoms with Crippen LogP contribution in [0.5, 0.6) is 0 Å². The number of nitrogens with zero attached hydrogens (tertiary/aromatic N) is 1. The number of rotatable bonds is 5. The minimum Gasteiger partial charge on any atom is -0.443 e. The van der Waals surface area contributed by atoms with Gasteiger partial charge in [0.2, 0.25) is 0 Å². The predicted octanol–water partition coefficient (Wildman–Crippen LogP) is 2.37. The van der Waals surface area contributed by atoms with Crippen molar-refractivity contribution in [2.24, 2.45) is 0 Å². The SMILES string of the molecule is Br.C=C(C)C(=O)OC(CCC)N(C)C. The summed E-state index contributed by atoms with van der Waals surface area (Å²) in [6.07, 6.45) is 1.72. The highest BCUT2D eigenvalue weighted by atomic mass is 79.9. The summed E-state index contributed by atoms with van der Waals surface area (Å²) < 4.78 is 5.20. The monoisotopic (exact) mass is 265 g/mol. The second-order valence-electron chi connectivity index (χ2n) is 3.39. The average Bonchev–Trinajstić information content (AvgIpc) is 2.03. The molecule has 84 valence electrons. The molecule has 0 saturated heterocycles. The molecule has 0 bridgehead atoms. The van der Waals surface area contributed by atoms with Gasteiger partial charge in [0.05, 0.1) is 0 Å². The van der Waals surface area contributed by atoms with Gasteiger partial charge in [-0.25, -0.2) is 4.79 Å². The molecule has 4 heteroatoms. The topological polar surface area (TPSA) is 29.5 Å². The smallest absolute Gasteiger partial charge is 0.334 e. The second-order valence-corrected chi connectivity index (χ2v) is 3.39. The van der Waals surface area contributed by atoms with E-state index in [4.69, 9.17) is 4.74 Å². The van der Waals surface area contributed by atoms with E-state index >= 15 is 0 Å². The fourth-order valence-electron chi connectivity index (χ4n) is 0.894. The molecule has 0 rings (SSSR count). The molecule has 0 fully saturated rings. The summed E-state index contributed by atoms with van der Waals surface area (Å²) in [6.45, 7) is 7.25. The van der Waals surface area contributed by atoms with Crippen LogP contribution >= 0.6 is 17.0 Å². The summed E-state index contributed by atoms with van der Waals surface area (Å²) in [7, 11) is 3.79. The van der Waals surface area contributed by atoms with E-state index in [0.29, 0.717) is 5.57 Å². The maximum Gasteiger partial charge on any atom is 0.334 e. The minimum absolute atomic E-state index is 0. The molecule has 0 aromatic heterocycles. The van der Waals surface area contributed by atoms with E-state index < -0.39 is 0 Å². The van der Waals surface area contributed by atoms with E-state index in [0.717, 1.165) is 12.8 Å². The molecule has 0 amide bonds. The van der Waals surface area contributed by atoms with Gasteiger partial charge >= 0.3 is 5.97 Å². The van der Waals surface area contributed by atoms with Crippen molar-refractivity contribution in [3.8, 4) is 0 Å². The third-order valence-electron chi connectivity index (χ3n) is 1.70. The molecule has 1 unspecified atom stereocenters. The first-order valence-electron chi connectivity index (χ1n) is 4.52. The Morgan fingerprint density at radius 1 is 1.50 bits per heavy atom. The first-order chi connectivity index (χ1) is 5.99. The lowest BCUT2D eigenvalue weighted by molar-refractivity contribution is -0.152. The number of halogens is 1. The summed E-state index contributed by atoms with van der Waals surface area (Å²) in [5.74, 6) is -0.313. The van der Waals surface area contributed by atoms with E-state index in [2.05, 4.69) is 13.5 Å². The molecular weight excluding hydrogens is 246 g/mol. The second kappa shape index (κ2) is 8.00. The van der Waals surface area contributed by atoms with Crippen LogP contribution in [0.1, 0.15) is 26.7 Å². The molecule has 0 aromatic rings. The Balaban J connectivity index is 0. The van der Waals surface area contributed by atoms with Gasteiger partial charge in [-0.3, -0.25) is 4.90 Å². The standard InChI is InChI=1S/C10H19NO2.BrH/c1-6-7-9(11(4)5)13-10(12)8(2)3;/h9H,2,6-7H2,1,3-5H3;1H.